The Bertz CT molecular complexity index is 995. The van der Waals surface area contributed by atoms with Crippen molar-refractivity contribution >= 4 is 22.9 Å². The molecule has 0 amide bonds. The van der Waals surface area contributed by atoms with Crippen LogP contribution in [0.2, 0.25) is 0 Å². The zero-order valence-corrected chi connectivity index (χ0v) is 14.8. The first kappa shape index (κ1) is 15.8. The molecule has 2 aromatic carbocycles. The number of aryl methyl sites for hydroxylation is 1. The quantitative estimate of drug-likeness (QED) is 0.405. The second-order valence-electron chi connectivity index (χ2n) is 5.86. The van der Waals surface area contributed by atoms with E-state index in [1.54, 1.807) is 22.8 Å². The molecule has 0 N–H and O–H groups in total. The van der Waals surface area contributed by atoms with Crippen molar-refractivity contribution in [3.63, 3.8) is 0 Å². The van der Waals surface area contributed by atoms with Gasteiger partial charge in [0.1, 0.15) is 11.4 Å². The Morgan fingerprint density at radius 2 is 1.72 bits per heavy atom. The Hall–Kier alpha value is -2.73. The van der Waals surface area contributed by atoms with Crippen molar-refractivity contribution in [3.05, 3.63) is 72.1 Å². The van der Waals surface area contributed by atoms with Gasteiger partial charge in [-0.3, -0.25) is 0 Å². The summed E-state index contributed by atoms with van der Waals surface area (Å²) in [5, 5.41) is 9.73. The van der Waals surface area contributed by atoms with Crippen molar-refractivity contribution in [1.29, 1.82) is 0 Å². The van der Waals surface area contributed by atoms with Crippen molar-refractivity contribution in [2.75, 3.05) is 0 Å². The van der Waals surface area contributed by atoms with Crippen LogP contribution in [0.5, 0.6) is 0 Å². The first-order valence-corrected chi connectivity index (χ1v) is 8.95. The molecule has 0 saturated carbocycles. The average molecular weight is 347 g/mol. The lowest BCUT2D eigenvalue weighted by Gasteiger charge is -2.10. The highest BCUT2D eigenvalue weighted by Crippen LogP contribution is 2.36. The number of fused-ring (bicyclic) bond motifs is 1. The van der Waals surface area contributed by atoms with Gasteiger partial charge in [-0.25, -0.2) is 9.97 Å². The number of nitrogens with zero attached hydrogens (tertiary/aromatic N) is 5. The highest BCUT2D eigenvalue weighted by Gasteiger charge is 2.16. The van der Waals surface area contributed by atoms with E-state index in [0.717, 1.165) is 21.9 Å². The number of thioether (sulfide) groups is 1. The summed E-state index contributed by atoms with van der Waals surface area (Å²) in [4.78, 5) is 8.82. The molecule has 25 heavy (non-hydrogen) atoms. The van der Waals surface area contributed by atoms with E-state index in [1.807, 2.05) is 18.2 Å². The predicted octanol–water partition coefficient (Wildman–Crippen LogP) is 4.37. The lowest BCUT2D eigenvalue weighted by molar-refractivity contribution is 0.816. The van der Waals surface area contributed by atoms with Gasteiger partial charge in [0.25, 0.3) is 0 Å². The molecule has 4 aromatic rings. The molecular weight excluding hydrogens is 330 g/mol. The Kier molecular flexibility index (Phi) is 4.19. The fraction of sp³-hybridized carbons (Fsp3) is 0.158. The monoisotopic (exact) mass is 347 g/mol. The SMILES string of the molecule is Cc1ccc(-n2nnc3c(S[C@@H](C)c4ccccc4)ncnc32)cc1. The fourth-order valence-corrected chi connectivity index (χ4v) is 3.61. The third kappa shape index (κ3) is 3.13. The van der Waals surface area contributed by atoms with Crippen LogP contribution >= 0.6 is 11.8 Å². The van der Waals surface area contributed by atoms with Crippen LogP contribution in [0.1, 0.15) is 23.3 Å². The topological polar surface area (TPSA) is 56.5 Å². The number of aromatic nitrogens is 5. The summed E-state index contributed by atoms with van der Waals surface area (Å²) in [7, 11) is 0. The van der Waals surface area contributed by atoms with E-state index in [1.165, 1.54) is 11.1 Å². The molecule has 0 aliphatic rings. The summed E-state index contributed by atoms with van der Waals surface area (Å²) in [5.74, 6) is 0. The van der Waals surface area contributed by atoms with E-state index >= 15 is 0 Å². The van der Waals surface area contributed by atoms with Gasteiger partial charge < -0.3 is 0 Å². The maximum absolute atomic E-state index is 4.43. The number of benzene rings is 2. The van der Waals surface area contributed by atoms with E-state index in [2.05, 4.69) is 70.5 Å². The van der Waals surface area contributed by atoms with Crippen LogP contribution in [-0.4, -0.2) is 25.0 Å². The third-order valence-electron chi connectivity index (χ3n) is 4.04. The molecule has 4 rings (SSSR count). The minimum Gasteiger partial charge on any atom is -0.227 e. The van der Waals surface area contributed by atoms with Gasteiger partial charge in [0.15, 0.2) is 11.2 Å². The number of hydrogen-bond acceptors (Lipinski definition) is 5. The van der Waals surface area contributed by atoms with Gasteiger partial charge in [0.2, 0.25) is 0 Å². The maximum atomic E-state index is 4.43. The van der Waals surface area contributed by atoms with Gasteiger partial charge in [0.05, 0.1) is 5.69 Å². The van der Waals surface area contributed by atoms with Crippen molar-refractivity contribution < 1.29 is 0 Å². The predicted molar refractivity (Wildman–Crippen MR) is 99.9 cm³/mol. The molecule has 1 atom stereocenters. The number of hydrogen-bond donors (Lipinski definition) is 0. The van der Waals surface area contributed by atoms with Crippen LogP contribution in [0.25, 0.3) is 16.9 Å². The van der Waals surface area contributed by atoms with E-state index < -0.39 is 0 Å². The van der Waals surface area contributed by atoms with Crippen LogP contribution in [0.3, 0.4) is 0 Å². The molecule has 0 spiro atoms. The van der Waals surface area contributed by atoms with Crippen molar-refractivity contribution in [3.8, 4) is 5.69 Å². The van der Waals surface area contributed by atoms with Gasteiger partial charge in [-0.2, -0.15) is 4.68 Å². The normalized spacial score (nSPS) is 12.4. The Balaban J connectivity index is 1.71. The van der Waals surface area contributed by atoms with E-state index in [-0.39, 0.29) is 5.25 Å². The third-order valence-corrected chi connectivity index (χ3v) is 5.19. The average Bonchev–Trinajstić information content (AvgIpc) is 3.08. The molecule has 2 aromatic heterocycles. The van der Waals surface area contributed by atoms with Gasteiger partial charge in [-0.15, -0.1) is 5.10 Å². The highest BCUT2D eigenvalue weighted by molar-refractivity contribution is 7.99. The maximum Gasteiger partial charge on any atom is 0.187 e. The molecule has 124 valence electrons. The molecular formula is C19H17N5S. The Labute approximate surface area is 150 Å². The summed E-state index contributed by atoms with van der Waals surface area (Å²) in [6, 6.07) is 18.5. The summed E-state index contributed by atoms with van der Waals surface area (Å²) >= 11 is 1.67. The summed E-state index contributed by atoms with van der Waals surface area (Å²) < 4.78 is 1.76. The largest absolute Gasteiger partial charge is 0.227 e. The zero-order valence-electron chi connectivity index (χ0n) is 14.0. The van der Waals surface area contributed by atoms with Crippen LogP contribution in [0.4, 0.5) is 0 Å². The van der Waals surface area contributed by atoms with E-state index in [9.17, 15) is 0 Å². The smallest absolute Gasteiger partial charge is 0.187 e. The zero-order chi connectivity index (χ0) is 17.2. The van der Waals surface area contributed by atoms with Gasteiger partial charge in [-0.05, 0) is 31.5 Å². The first-order chi connectivity index (χ1) is 12.2. The molecule has 0 radical (unpaired) electrons. The van der Waals surface area contributed by atoms with Crippen molar-refractivity contribution in [1.82, 2.24) is 25.0 Å². The fourth-order valence-electron chi connectivity index (χ4n) is 2.63. The van der Waals surface area contributed by atoms with Crippen molar-refractivity contribution in [2.24, 2.45) is 0 Å². The molecule has 2 heterocycles. The minimum atomic E-state index is 0.267. The summed E-state index contributed by atoms with van der Waals surface area (Å²) in [6.45, 7) is 4.23. The summed E-state index contributed by atoms with van der Waals surface area (Å²) in [6.07, 6.45) is 1.58. The molecule has 0 unspecified atom stereocenters. The lowest BCUT2D eigenvalue weighted by Crippen LogP contribution is -1.98. The van der Waals surface area contributed by atoms with Crippen LogP contribution < -0.4 is 0 Å². The molecule has 0 aliphatic heterocycles. The highest BCUT2D eigenvalue weighted by atomic mass is 32.2. The Morgan fingerprint density at radius 3 is 2.48 bits per heavy atom. The molecule has 0 saturated heterocycles. The van der Waals surface area contributed by atoms with Gasteiger partial charge >= 0.3 is 0 Å². The van der Waals surface area contributed by atoms with Crippen LogP contribution in [0, 0.1) is 6.92 Å². The van der Waals surface area contributed by atoms with E-state index in [4.69, 9.17) is 0 Å². The van der Waals surface area contributed by atoms with Crippen molar-refractivity contribution in [2.45, 2.75) is 24.1 Å². The number of rotatable bonds is 4. The van der Waals surface area contributed by atoms with Gasteiger partial charge in [0, 0.05) is 5.25 Å². The minimum absolute atomic E-state index is 0.267. The first-order valence-electron chi connectivity index (χ1n) is 8.07. The van der Waals surface area contributed by atoms with E-state index in [0.29, 0.717) is 0 Å². The molecule has 5 nitrogen and oxygen atoms in total. The van der Waals surface area contributed by atoms with Gasteiger partial charge in [-0.1, -0.05) is 65.0 Å². The van der Waals surface area contributed by atoms with Crippen LogP contribution in [0.15, 0.2) is 66.0 Å². The lowest BCUT2D eigenvalue weighted by atomic mass is 10.2. The molecule has 0 bridgehead atoms. The molecule has 0 fully saturated rings. The molecule has 6 heteroatoms. The van der Waals surface area contributed by atoms with Crippen LogP contribution in [-0.2, 0) is 0 Å². The second kappa shape index (κ2) is 6.64. The second-order valence-corrected chi connectivity index (χ2v) is 7.19. The summed E-state index contributed by atoms with van der Waals surface area (Å²) in [5.41, 5.74) is 4.86. The standard InChI is InChI=1S/C19H17N5S/c1-13-8-10-16(11-9-13)24-18-17(22-23-24)19(21-12-20-18)25-14(2)15-6-4-3-5-7-15/h3-12,14H,1-2H3/t14-/m0/s1. The molecule has 0 aliphatic carbocycles. The Morgan fingerprint density at radius 1 is 0.960 bits per heavy atom.